The van der Waals surface area contributed by atoms with E-state index in [2.05, 4.69) is 12.2 Å². The van der Waals surface area contributed by atoms with Crippen LogP contribution in [-0.4, -0.2) is 38.1 Å². The lowest BCUT2D eigenvalue weighted by atomic mass is 10.0. The second-order valence-corrected chi connectivity index (χ2v) is 10.7. The molecule has 182 valence electrons. The van der Waals surface area contributed by atoms with Gasteiger partial charge in [0, 0.05) is 18.2 Å². The molecular formula is C25H37N3O4S. The first-order valence-corrected chi connectivity index (χ1v) is 13.3. The maximum atomic E-state index is 13.7. The van der Waals surface area contributed by atoms with E-state index in [1.165, 1.54) is 18.9 Å². The fourth-order valence-corrected chi connectivity index (χ4v) is 5.81. The summed E-state index contributed by atoms with van der Waals surface area (Å²) in [4.78, 5) is 22.4. The number of unbranched alkanes of at least 4 members (excludes halogenated alkanes) is 4. The molecule has 0 aliphatic carbocycles. The van der Waals surface area contributed by atoms with E-state index >= 15 is 0 Å². The van der Waals surface area contributed by atoms with Gasteiger partial charge in [0.25, 0.3) is 0 Å². The number of benzene rings is 2. The molecule has 2 aromatic carbocycles. The molecule has 5 N–H and O–H groups in total. The van der Waals surface area contributed by atoms with Crippen LogP contribution in [-0.2, 0) is 19.4 Å². The van der Waals surface area contributed by atoms with Crippen molar-refractivity contribution in [2.24, 2.45) is 11.5 Å². The highest BCUT2D eigenvalue weighted by Crippen LogP contribution is 2.33. The highest BCUT2D eigenvalue weighted by molar-refractivity contribution is 7.93. The van der Waals surface area contributed by atoms with E-state index in [-0.39, 0.29) is 24.2 Å². The van der Waals surface area contributed by atoms with Gasteiger partial charge >= 0.3 is 0 Å². The summed E-state index contributed by atoms with van der Waals surface area (Å²) in [5, 5.41) is 4.60. The summed E-state index contributed by atoms with van der Waals surface area (Å²) in [6.45, 7) is 4.01. The number of hydrogen-bond acceptors (Lipinski definition) is 6. The predicted octanol–water partition coefficient (Wildman–Crippen LogP) is 3.44. The highest BCUT2D eigenvalue weighted by atomic mass is 32.2. The van der Waals surface area contributed by atoms with E-state index in [1.54, 1.807) is 30.3 Å². The van der Waals surface area contributed by atoms with Crippen LogP contribution in [0.25, 0.3) is 10.8 Å². The van der Waals surface area contributed by atoms with E-state index in [4.69, 9.17) is 11.5 Å². The zero-order valence-electron chi connectivity index (χ0n) is 19.5. The molecule has 0 unspecified atom stereocenters. The van der Waals surface area contributed by atoms with Gasteiger partial charge in [-0.25, -0.2) is 8.42 Å². The number of nitrogens with one attached hydrogen (secondary N) is 1. The molecule has 0 aromatic heterocycles. The molecule has 0 bridgehead atoms. The van der Waals surface area contributed by atoms with Gasteiger partial charge in [0.05, 0.1) is 4.90 Å². The van der Waals surface area contributed by atoms with E-state index in [9.17, 15) is 18.0 Å². The van der Waals surface area contributed by atoms with E-state index in [0.717, 1.165) is 37.7 Å². The van der Waals surface area contributed by atoms with Crippen molar-refractivity contribution < 1.29 is 18.0 Å². The number of hydrogen-bond donors (Lipinski definition) is 3. The van der Waals surface area contributed by atoms with Crippen molar-refractivity contribution in [1.29, 1.82) is 0 Å². The van der Waals surface area contributed by atoms with Crippen LogP contribution in [0.15, 0.2) is 47.4 Å². The minimum Gasteiger partial charge on any atom is -0.370 e. The Kier molecular flexibility index (Phi) is 10.5. The second-order valence-electron chi connectivity index (χ2n) is 8.53. The first-order valence-electron chi connectivity index (χ1n) is 11.8. The SMILES string of the molecule is CCCCCNCCCCCC(=O)[C@@](N)(CCC(N)=O)S(=O)(=O)c1cccc2ccccc12. The molecule has 1 amide bonds. The zero-order valence-corrected chi connectivity index (χ0v) is 20.3. The van der Waals surface area contributed by atoms with Crippen molar-refractivity contribution in [3.05, 3.63) is 42.5 Å². The number of Topliss-reactive ketones (excluding diaryl/α,β-unsaturated/α-hetero) is 1. The topological polar surface area (TPSA) is 132 Å². The summed E-state index contributed by atoms with van der Waals surface area (Å²) >= 11 is 0. The van der Waals surface area contributed by atoms with Crippen molar-refractivity contribution in [1.82, 2.24) is 5.32 Å². The summed E-state index contributed by atoms with van der Waals surface area (Å²) in [6.07, 6.45) is 5.17. The highest BCUT2D eigenvalue weighted by Gasteiger charge is 2.47. The van der Waals surface area contributed by atoms with Crippen LogP contribution in [0.5, 0.6) is 0 Å². The van der Waals surface area contributed by atoms with Crippen molar-refractivity contribution in [2.75, 3.05) is 13.1 Å². The normalized spacial score (nSPS) is 13.6. The number of carbonyl (C=O) groups is 2. The second kappa shape index (κ2) is 12.8. The Morgan fingerprint density at radius 3 is 2.27 bits per heavy atom. The smallest absolute Gasteiger partial charge is 0.217 e. The van der Waals surface area contributed by atoms with Gasteiger partial charge in [0.15, 0.2) is 10.7 Å². The van der Waals surface area contributed by atoms with Gasteiger partial charge in [0.1, 0.15) is 0 Å². The first-order chi connectivity index (χ1) is 15.7. The van der Waals surface area contributed by atoms with Crippen LogP contribution in [0.3, 0.4) is 0 Å². The van der Waals surface area contributed by atoms with Crippen molar-refractivity contribution in [2.45, 2.75) is 74.5 Å². The van der Waals surface area contributed by atoms with Crippen molar-refractivity contribution >= 4 is 32.3 Å². The quantitative estimate of drug-likeness (QED) is 0.319. The maximum absolute atomic E-state index is 13.7. The molecule has 0 fully saturated rings. The van der Waals surface area contributed by atoms with Crippen LogP contribution >= 0.6 is 0 Å². The number of sulfone groups is 1. The lowest BCUT2D eigenvalue weighted by Crippen LogP contribution is -2.55. The molecule has 0 aliphatic heterocycles. The molecule has 7 nitrogen and oxygen atoms in total. The molecule has 0 heterocycles. The summed E-state index contributed by atoms with van der Waals surface area (Å²) < 4.78 is 27.3. The molecule has 0 aliphatic rings. The van der Waals surface area contributed by atoms with Crippen LogP contribution < -0.4 is 16.8 Å². The molecule has 2 rings (SSSR count). The molecule has 0 radical (unpaired) electrons. The molecule has 8 heteroatoms. The van der Waals surface area contributed by atoms with Crippen LogP contribution in [0, 0.1) is 0 Å². The molecule has 2 aromatic rings. The molecule has 0 saturated carbocycles. The first kappa shape index (κ1) is 27.0. The number of ketones is 1. The Morgan fingerprint density at radius 2 is 1.58 bits per heavy atom. The number of fused-ring (bicyclic) bond motifs is 1. The Morgan fingerprint density at radius 1 is 0.909 bits per heavy atom. The van der Waals surface area contributed by atoms with Gasteiger partial charge < -0.3 is 16.8 Å². The summed E-state index contributed by atoms with van der Waals surface area (Å²) in [6, 6.07) is 11.9. The van der Waals surface area contributed by atoms with Crippen LogP contribution in [0.1, 0.15) is 64.7 Å². The van der Waals surface area contributed by atoms with Crippen LogP contribution in [0.4, 0.5) is 0 Å². The van der Waals surface area contributed by atoms with Crippen LogP contribution in [0.2, 0.25) is 0 Å². The van der Waals surface area contributed by atoms with Gasteiger partial charge in [-0.15, -0.1) is 0 Å². The van der Waals surface area contributed by atoms with E-state index < -0.39 is 26.4 Å². The molecule has 33 heavy (non-hydrogen) atoms. The lowest BCUT2D eigenvalue weighted by Gasteiger charge is -2.28. The van der Waals surface area contributed by atoms with Gasteiger partial charge in [-0.1, -0.05) is 62.6 Å². The summed E-state index contributed by atoms with van der Waals surface area (Å²) in [5.41, 5.74) is 11.6. The third-order valence-corrected chi connectivity index (χ3v) is 8.27. The number of rotatable bonds is 16. The Bertz CT molecular complexity index is 1030. The number of nitrogens with two attached hydrogens (primary N) is 2. The van der Waals surface area contributed by atoms with Gasteiger partial charge in [-0.3, -0.25) is 9.59 Å². The zero-order chi connectivity index (χ0) is 24.3. The third-order valence-electron chi connectivity index (χ3n) is 5.95. The third kappa shape index (κ3) is 7.09. The molecule has 0 spiro atoms. The Balaban J connectivity index is 2.13. The lowest BCUT2D eigenvalue weighted by molar-refractivity contribution is -0.122. The van der Waals surface area contributed by atoms with Gasteiger partial charge in [-0.05, 0) is 50.2 Å². The van der Waals surface area contributed by atoms with E-state index in [0.29, 0.717) is 11.8 Å². The standard InChI is InChI=1S/C25H37N3O4S/c1-2-3-8-18-28-19-9-4-5-15-23(29)25(27,17-16-24(26)30)33(31,32)22-14-10-12-20-11-6-7-13-21(20)22/h6-7,10-14,28H,2-5,8-9,15-19,27H2,1H3,(H2,26,30)/t25-/m1/s1. The van der Waals surface area contributed by atoms with Crippen molar-refractivity contribution in [3.63, 3.8) is 0 Å². The summed E-state index contributed by atoms with van der Waals surface area (Å²) in [7, 11) is -4.27. The average Bonchev–Trinajstić information content (AvgIpc) is 2.80. The monoisotopic (exact) mass is 475 g/mol. The number of carbonyl (C=O) groups excluding carboxylic acids is 2. The minimum absolute atomic E-state index is 0.00259. The predicted molar refractivity (Wildman–Crippen MR) is 132 cm³/mol. The fourth-order valence-electron chi connectivity index (χ4n) is 3.91. The minimum atomic E-state index is -4.27. The fraction of sp³-hybridized carbons (Fsp3) is 0.520. The molecule has 1 atom stereocenters. The van der Waals surface area contributed by atoms with Crippen molar-refractivity contribution in [3.8, 4) is 0 Å². The Hall–Kier alpha value is -2.29. The van der Waals surface area contributed by atoms with E-state index in [1.807, 2.05) is 6.07 Å². The number of primary amides is 1. The molecule has 0 saturated heterocycles. The largest absolute Gasteiger partial charge is 0.370 e. The number of amides is 1. The molecular weight excluding hydrogens is 438 g/mol. The summed E-state index contributed by atoms with van der Waals surface area (Å²) in [5.74, 6) is -1.27. The average molecular weight is 476 g/mol. The maximum Gasteiger partial charge on any atom is 0.217 e. The van der Waals surface area contributed by atoms with Gasteiger partial charge in [-0.2, -0.15) is 0 Å². The van der Waals surface area contributed by atoms with Gasteiger partial charge in [0.2, 0.25) is 15.7 Å². The Labute approximate surface area is 197 Å².